The number of nitrogens with zero attached hydrogens (tertiary/aromatic N) is 1. The molecule has 3 atom stereocenters. The van der Waals surface area contributed by atoms with Gasteiger partial charge in [0.25, 0.3) is 5.91 Å². The summed E-state index contributed by atoms with van der Waals surface area (Å²) in [6, 6.07) is 13.6. The predicted molar refractivity (Wildman–Crippen MR) is 145 cm³/mol. The molecule has 9 heteroatoms. The number of hydrogen-bond donors (Lipinski definition) is 2. The lowest BCUT2D eigenvalue weighted by atomic mass is 9.90. The van der Waals surface area contributed by atoms with Gasteiger partial charge in [0.15, 0.2) is 0 Å². The molecule has 0 bridgehead atoms. The largest absolute Gasteiger partial charge is 0.444 e. The maximum atomic E-state index is 13.2. The zero-order valence-corrected chi connectivity index (χ0v) is 23.0. The van der Waals surface area contributed by atoms with Crippen LogP contribution in [0.15, 0.2) is 54.6 Å². The van der Waals surface area contributed by atoms with E-state index in [1.807, 2.05) is 51.1 Å². The first-order chi connectivity index (χ1) is 18.5. The molecule has 1 heterocycles. The average molecular weight is 540 g/mol. The van der Waals surface area contributed by atoms with Crippen LogP contribution in [0.2, 0.25) is 0 Å². The maximum Gasteiger partial charge on any atom is 0.408 e. The number of halogens is 1. The molecule has 3 rings (SSSR count). The minimum Gasteiger partial charge on any atom is -0.444 e. The molecule has 0 aliphatic carbocycles. The van der Waals surface area contributed by atoms with Crippen LogP contribution in [-0.2, 0) is 25.5 Å². The smallest absolute Gasteiger partial charge is 0.408 e. The number of ketones is 1. The number of carbonyl (C=O) groups is 4. The van der Waals surface area contributed by atoms with Gasteiger partial charge < -0.3 is 20.3 Å². The third kappa shape index (κ3) is 8.37. The van der Waals surface area contributed by atoms with Gasteiger partial charge in [-0.2, -0.15) is 0 Å². The Hall–Kier alpha value is -3.75. The van der Waals surface area contributed by atoms with Gasteiger partial charge in [-0.3, -0.25) is 14.4 Å². The highest BCUT2D eigenvalue weighted by Gasteiger charge is 2.44. The number of nitrogens with one attached hydrogen (secondary N) is 2. The van der Waals surface area contributed by atoms with Crippen LogP contribution >= 0.6 is 0 Å². The number of carbonyl (C=O) groups excluding carboxylic acids is 4. The van der Waals surface area contributed by atoms with Crippen LogP contribution in [0.3, 0.4) is 0 Å². The summed E-state index contributed by atoms with van der Waals surface area (Å²) in [5.74, 6) is -2.02. The summed E-state index contributed by atoms with van der Waals surface area (Å²) in [5, 5.41) is 5.30. The van der Waals surface area contributed by atoms with Gasteiger partial charge in [-0.25, -0.2) is 9.18 Å². The number of benzene rings is 2. The Morgan fingerprint density at radius 2 is 1.72 bits per heavy atom. The molecule has 1 saturated heterocycles. The summed E-state index contributed by atoms with van der Waals surface area (Å²) in [5.41, 5.74) is 1.03. The summed E-state index contributed by atoms with van der Waals surface area (Å²) < 4.78 is 18.9. The van der Waals surface area contributed by atoms with Gasteiger partial charge in [0, 0.05) is 12.0 Å². The first-order valence-electron chi connectivity index (χ1n) is 13.4. The standard InChI is InChI=1S/C30H38FN3O5/c1-5-6-12-24(27(36)28(37)32-20(2)22-10-8-7-9-11-22)33-29(38)39-25-18-34(19-30(25,3)4)26(35)17-21-13-15-23(31)16-14-21/h7-11,13-16,20,24-25H,5-6,12,17-19H2,1-4H3,(H,32,37)(H,33,38)/t20-,24+,25+/m1/s1. The Morgan fingerprint density at radius 3 is 2.36 bits per heavy atom. The number of alkyl carbamates (subject to hydrolysis) is 1. The van der Waals surface area contributed by atoms with Crippen molar-refractivity contribution in [3.05, 3.63) is 71.5 Å². The fourth-order valence-corrected chi connectivity index (χ4v) is 4.61. The number of amides is 3. The highest BCUT2D eigenvalue weighted by Crippen LogP contribution is 2.32. The van der Waals surface area contributed by atoms with Crippen molar-refractivity contribution < 1.29 is 28.3 Å². The van der Waals surface area contributed by atoms with Crippen molar-refractivity contribution in [1.29, 1.82) is 0 Å². The number of unbranched alkanes of at least 4 members (excludes halogenated alkanes) is 1. The Labute approximate surface area is 229 Å². The first kappa shape index (κ1) is 29.8. The van der Waals surface area contributed by atoms with Gasteiger partial charge in [0.1, 0.15) is 18.0 Å². The molecule has 3 amide bonds. The molecule has 39 heavy (non-hydrogen) atoms. The van der Waals surface area contributed by atoms with E-state index in [4.69, 9.17) is 4.74 Å². The Morgan fingerprint density at radius 1 is 1.05 bits per heavy atom. The molecule has 2 aromatic rings. The van der Waals surface area contributed by atoms with Crippen molar-refractivity contribution in [1.82, 2.24) is 15.5 Å². The number of ether oxygens (including phenoxy) is 1. The molecule has 8 nitrogen and oxygen atoms in total. The Bertz CT molecular complexity index is 1150. The minimum atomic E-state index is -1.03. The molecule has 210 valence electrons. The highest BCUT2D eigenvalue weighted by molar-refractivity contribution is 6.38. The topological polar surface area (TPSA) is 105 Å². The molecule has 0 aromatic heterocycles. The second-order valence-electron chi connectivity index (χ2n) is 10.8. The monoisotopic (exact) mass is 539 g/mol. The summed E-state index contributed by atoms with van der Waals surface area (Å²) in [4.78, 5) is 53.1. The lowest BCUT2D eigenvalue weighted by Gasteiger charge is -2.26. The fraction of sp³-hybridized carbons (Fsp3) is 0.467. The zero-order chi connectivity index (χ0) is 28.6. The zero-order valence-electron chi connectivity index (χ0n) is 23.0. The normalized spacial score (nSPS) is 17.7. The van der Waals surface area contributed by atoms with Crippen LogP contribution in [0.5, 0.6) is 0 Å². The molecular weight excluding hydrogens is 501 g/mol. The van der Waals surface area contributed by atoms with Gasteiger partial charge in [0.05, 0.1) is 19.0 Å². The number of rotatable bonds is 11. The van der Waals surface area contributed by atoms with Crippen LogP contribution in [0.1, 0.15) is 64.1 Å². The van der Waals surface area contributed by atoms with Crippen LogP contribution in [0.25, 0.3) is 0 Å². The van der Waals surface area contributed by atoms with Gasteiger partial charge in [0.2, 0.25) is 11.7 Å². The summed E-state index contributed by atoms with van der Waals surface area (Å²) in [6.45, 7) is 8.11. The van der Waals surface area contributed by atoms with Crippen molar-refractivity contribution >= 4 is 23.7 Å². The maximum absolute atomic E-state index is 13.2. The van der Waals surface area contributed by atoms with E-state index in [9.17, 15) is 23.6 Å². The number of hydrogen-bond acceptors (Lipinski definition) is 5. The van der Waals surface area contributed by atoms with E-state index < -0.39 is 35.3 Å². The molecule has 2 N–H and O–H groups in total. The van der Waals surface area contributed by atoms with E-state index in [2.05, 4.69) is 10.6 Å². The van der Waals surface area contributed by atoms with Crippen LogP contribution in [-0.4, -0.2) is 53.8 Å². The van der Waals surface area contributed by atoms with Crippen molar-refractivity contribution in [3.63, 3.8) is 0 Å². The van der Waals surface area contributed by atoms with E-state index in [0.717, 1.165) is 12.0 Å². The molecule has 0 radical (unpaired) electrons. The second-order valence-corrected chi connectivity index (χ2v) is 10.8. The lowest BCUT2D eigenvalue weighted by Crippen LogP contribution is -2.49. The highest BCUT2D eigenvalue weighted by atomic mass is 19.1. The summed E-state index contributed by atoms with van der Waals surface area (Å²) in [6.07, 6.45) is 0.415. The molecule has 0 unspecified atom stereocenters. The minimum absolute atomic E-state index is 0.111. The van der Waals surface area contributed by atoms with Crippen molar-refractivity contribution in [3.8, 4) is 0 Å². The average Bonchev–Trinajstić information content (AvgIpc) is 3.21. The summed E-state index contributed by atoms with van der Waals surface area (Å²) in [7, 11) is 0. The van der Waals surface area contributed by atoms with Gasteiger partial charge in [-0.15, -0.1) is 0 Å². The van der Waals surface area contributed by atoms with E-state index in [1.54, 1.807) is 24.0 Å². The van der Waals surface area contributed by atoms with E-state index >= 15 is 0 Å². The first-order valence-corrected chi connectivity index (χ1v) is 13.4. The summed E-state index contributed by atoms with van der Waals surface area (Å²) >= 11 is 0. The van der Waals surface area contributed by atoms with E-state index in [1.165, 1.54) is 12.1 Å². The Balaban J connectivity index is 1.59. The van der Waals surface area contributed by atoms with Gasteiger partial charge in [-0.05, 0) is 36.6 Å². The third-order valence-corrected chi connectivity index (χ3v) is 7.05. The molecule has 2 aromatic carbocycles. The molecule has 1 fully saturated rings. The van der Waals surface area contributed by atoms with Crippen LogP contribution < -0.4 is 10.6 Å². The Kier molecular flexibility index (Phi) is 10.2. The molecule has 1 aliphatic heterocycles. The molecule has 0 saturated carbocycles. The van der Waals surface area contributed by atoms with Gasteiger partial charge in [-0.1, -0.05) is 76.1 Å². The van der Waals surface area contributed by atoms with Gasteiger partial charge >= 0.3 is 6.09 Å². The molecule has 0 spiro atoms. The van der Waals surface area contributed by atoms with Crippen molar-refractivity contribution in [2.45, 2.75) is 71.6 Å². The quantitative estimate of drug-likeness (QED) is 0.414. The second kappa shape index (κ2) is 13.4. The SMILES string of the molecule is CCCC[C@H](NC(=O)O[C@H]1CN(C(=O)Cc2ccc(F)cc2)CC1(C)C)C(=O)C(=O)N[C@H](C)c1ccccc1. The van der Waals surface area contributed by atoms with Crippen LogP contribution in [0.4, 0.5) is 9.18 Å². The number of likely N-dealkylation sites (tertiary alicyclic amines) is 1. The number of Topliss-reactive ketones (excluding diaryl/α,β-unsaturated/α-hetero) is 1. The lowest BCUT2D eigenvalue weighted by molar-refractivity contribution is -0.139. The molecular formula is C30H38FN3O5. The van der Waals surface area contributed by atoms with Crippen LogP contribution in [0, 0.1) is 11.2 Å². The predicted octanol–water partition coefficient (Wildman–Crippen LogP) is 4.34. The molecule has 1 aliphatic rings. The fourth-order valence-electron chi connectivity index (χ4n) is 4.61. The van der Waals surface area contributed by atoms with E-state index in [0.29, 0.717) is 24.9 Å². The van der Waals surface area contributed by atoms with Crippen molar-refractivity contribution in [2.24, 2.45) is 5.41 Å². The van der Waals surface area contributed by atoms with Crippen molar-refractivity contribution in [2.75, 3.05) is 13.1 Å². The van der Waals surface area contributed by atoms with E-state index in [-0.39, 0.29) is 30.7 Å². The third-order valence-electron chi connectivity index (χ3n) is 7.05.